The van der Waals surface area contributed by atoms with Gasteiger partial charge in [0, 0.05) is 12.1 Å². The van der Waals surface area contributed by atoms with Gasteiger partial charge in [0.25, 0.3) is 5.91 Å². The molecule has 0 fully saturated rings. The first kappa shape index (κ1) is 20.0. The van der Waals surface area contributed by atoms with E-state index < -0.39 is 5.97 Å². The van der Waals surface area contributed by atoms with Gasteiger partial charge in [0.1, 0.15) is 5.75 Å². The summed E-state index contributed by atoms with van der Waals surface area (Å²) in [6, 6.07) is 7.48. The standard InChI is InChI=1S/C19H29NO4/c1-13(2)20(14(3)4)18(21)12-23-19(22)11-16-8-7-9-17(10-16)24-15(5)6/h7-10,13-15H,11-12H2,1-6H3. The van der Waals surface area contributed by atoms with Crippen molar-refractivity contribution in [1.82, 2.24) is 4.90 Å². The fraction of sp³-hybridized carbons (Fsp3) is 0.579. The fourth-order valence-corrected chi connectivity index (χ4v) is 2.61. The van der Waals surface area contributed by atoms with Gasteiger partial charge in [-0.3, -0.25) is 9.59 Å². The van der Waals surface area contributed by atoms with Gasteiger partial charge in [-0.25, -0.2) is 0 Å². The maximum Gasteiger partial charge on any atom is 0.310 e. The third kappa shape index (κ3) is 6.60. The Kier molecular flexibility index (Phi) is 7.75. The van der Waals surface area contributed by atoms with Crippen LogP contribution in [-0.4, -0.2) is 41.6 Å². The van der Waals surface area contributed by atoms with E-state index in [0.717, 1.165) is 11.3 Å². The van der Waals surface area contributed by atoms with Crippen molar-refractivity contribution in [3.8, 4) is 5.75 Å². The molecular formula is C19H29NO4. The molecule has 0 unspecified atom stereocenters. The Morgan fingerprint density at radius 1 is 1.04 bits per heavy atom. The molecule has 0 aliphatic heterocycles. The lowest BCUT2D eigenvalue weighted by atomic mass is 10.1. The number of hydrogen-bond acceptors (Lipinski definition) is 4. The largest absolute Gasteiger partial charge is 0.491 e. The summed E-state index contributed by atoms with van der Waals surface area (Å²) in [7, 11) is 0. The van der Waals surface area contributed by atoms with Gasteiger partial charge in [0.05, 0.1) is 12.5 Å². The third-order valence-corrected chi connectivity index (χ3v) is 3.38. The van der Waals surface area contributed by atoms with E-state index in [1.807, 2.05) is 65.8 Å². The summed E-state index contributed by atoms with van der Waals surface area (Å²) in [4.78, 5) is 25.9. The molecule has 1 aromatic carbocycles. The molecule has 0 saturated heterocycles. The van der Waals surface area contributed by atoms with E-state index in [2.05, 4.69) is 0 Å². The first-order chi connectivity index (χ1) is 11.2. The van der Waals surface area contributed by atoms with Crippen LogP contribution >= 0.6 is 0 Å². The molecule has 0 heterocycles. The SMILES string of the molecule is CC(C)Oc1cccc(CC(=O)OCC(=O)N(C(C)C)C(C)C)c1. The average Bonchev–Trinajstić information content (AvgIpc) is 2.44. The van der Waals surface area contributed by atoms with Gasteiger partial charge in [-0.15, -0.1) is 0 Å². The first-order valence-corrected chi connectivity index (χ1v) is 8.43. The van der Waals surface area contributed by atoms with Crippen LogP contribution in [0.15, 0.2) is 24.3 Å². The van der Waals surface area contributed by atoms with Crippen LogP contribution in [-0.2, 0) is 20.7 Å². The highest BCUT2D eigenvalue weighted by Gasteiger charge is 2.21. The van der Waals surface area contributed by atoms with E-state index in [1.54, 1.807) is 4.90 Å². The van der Waals surface area contributed by atoms with Crippen LogP contribution in [0.25, 0.3) is 0 Å². The van der Waals surface area contributed by atoms with Gasteiger partial charge in [-0.05, 0) is 59.2 Å². The average molecular weight is 335 g/mol. The Labute approximate surface area is 144 Å². The minimum atomic E-state index is -0.419. The van der Waals surface area contributed by atoms with Crippen molar-refractivity contribution >= 4 is 11.9 Å². The molecular weight excluding hydrogens is 306 g/mol. The van der Waals surface area contributed by atoms with E-state index in [4.69, 9.17) is 9.47 Å². The molecule has 0 aliphatic rings. The lowest BCUT2D eigenvalue weighted by molar-refractivity contribution is -0.153. The number of esters is 1. The molecule has 0 radical (unpaired) electrons. The van der Waals surface area contributed by atoms with Gasteiger partial charge >= 0.3 is 5.97 Å². The van der Waals surface area contributed by atoms with Crippen molar-refractivity contribution in [1.29, 1.82) is 0 Å². The van der Waals surface area contributed by atoms with Crippen molar-refractivity contribution in [2.75, 3.05) is 6.61 Å². The summed E-state index contributed by atoms with van der Waals surface area (Å²) in [6.07, 6.45) is 0.189. The summed E-state index contributed by atoms with van der Waals surface area (Å²) >= 11 is 0. The Bertz CT molecular complexity index is 544. The molecule has 0 saturated carbocycles. The maximum atomic E-state index is 12.2. The van der Waals surface area contributed by atoms with Gasteiger partial charge < -0.3 is 14.4 Å². The molecule has 1 aromatic rings. The molecule has 0 spiro atoms. The van der Waals surface area contributed by atoms with Crippen LogP contribution in [0.5, 0.6) is 5.75 Å². The van der Waals surface area contributed by atoms with Gasteiger partial charge in [-0.2, -0.15) is 0 Å². The second-order valence-electron chi connectivity index (χ2n) is 6.64. The first-order valence-electron chi connectivity index (χ1n) is 8.43. The monoisotopic (exact) mass is 335 g/mol. The molecule has 0 aliphatic carbocycles. The van der Waals surface area contributed by atoms with Crippen LogP contribution in [0.2, 0.25) is 0 Å². The molecule has 1 rings (SSSR count). The zero-order valence-corrected chi connectivity index (χ0v) is 15.5. The van der Waals surface area contributed by atoms with Crippen molar-refractivity contribution in [3.05, 3.63) is 29.8 Å². The van der Waals surface area contributed by atoms with E-state index in [-0.39, 0.29) is 37.1 Å². The Balaban J connectivity index is 2.56. The lowest BCUT2D eigenvalue weighted by Crippen LogP contribution is -2.44. The van der Waals surface area contributed by atoms with Crippen molar-refractivity contribution in [2.24, 2.45) is 0 Å². The summed E-state index contributed by atoms with van der Waals surface area (Å²) in [5, 5.41) is 0. The van der Waals surface area contributed by atoms with Gasteiger partial charge in [0.15, 0.2) is 6.61 Å². The predicted molar refractivity (Wildman–Crippen MR) is 94.0 cm³/mol. The second kappa shape index (κ2) is 9.30. The highest BCUT2D eigenvalue weighted by atomic mass is 16.5. The van der Waals surface area contributed by atoms with E-state index in [9.17, 15) is 9.59 Å². The number of carbonyl (C=O) groups is 2. The lowest BCUT2D eigenvalue weighted by Gasteiger charge is -2.30. The molecule has 0 N–H and O–H groups in total. The quantitative estimate of drug-likeness (QED) is 0.685. The minimum Gasteiger partial charge on any atom is -0.491 e. The van der Waals surface area contributed by atoms with Gasteiger partial charge in [-0.1, -0.05) is 12.1 Å². The Morgan fingerprint density at radius 2 is 1.67 bits per heavy atom. The Morgan fingerprint density at radius 3 is 2.21 bits per heavy atom. The van der Waals surface area contributed by atoms with Crippen LogP contribution in [0, 0.1) is 0 Å². The molecule has 1 amide bonds. The molecule has 0 aromatic heterocycles. The summed E-state index contributed by atoms with van der Waals surface area (Å²) < 4.78 is 10.7. The third-order valence-electron chi connectivity index (χ3n) is 3.38. The zero-order valence-electron chi connectivity index (χ0n) is 15.5. The smallest absolute Gasteiger partial charge is 0.310 e. The number of rotatable bonds is 8. The number of hydrogen-bond donors (Lipinski definition) is 0. The van der Waals surface area contributed by atoms with Crippen molar-refractivity contribution < 1.29 is 19.1 Å². The fourth-order valence-electron chi connectivity index (χ4n) is 2.61. The molecule has 0 atom stereocenters. The number of benzene rings is 1. The normalized spacial score (nSPS) is 11.0. The van der Waals surface area contributed by atoms with E-state index >= 15 is 0 Å². The second-order valence-corrected chi connectivity index (χ2v) is 6.64. The van der Waals surface area contributed by atoms with Crippen LogP contribution in [0.3, 0.4) is 0 Å². The Hall–Kier alpha value is -2.04. The number of ether oxygens (including phenoxy) is 2. The zero-order chi connectivity index (χ0) is 18.3. The molecule has 0 bridgehead atoms. The topological polar surface area (TPSA) is 55.8 Å². The van der Waals surface area contributed by atoms with Crippen molar-refractivity contribution in [3.63, 3.8) is 0 Å². The predicted octanol–water partition coefficient (Wildman–Crippen LogP) is 3.20. The van der Waals surface area contributed by atoms with Gasteiger partial charge in [0.2, 0.25) is 0 Å². The highest BCUT2D eigenvalue weighted by Crippen LogP contribution is 2.15. The maximum absolute atomic E-state index is 12.2. The molecule has 134 valence electrons. The highest BCUT2D eigenvalue weighted by molar-refractivity contribution is 5.81. The molecule has 24 heavy (non-hydrogen) atoms. The molecule has 5 nitrogen and oxygen atoms in total. The van der Waals surface area contributed by atoms with Crippen LogP contribution in [0.4, 0.5) is 0 Å². The number of carbonyl (C=O) groups excluding carboxylic acids is 2. The number of amides is 1. The van der Waals surface area contributed by atoms with Crippen LogP contribution < -0.4 is 4.74 Å². The van der Waals surface area contributed by atoms with Crippen LogP contribution in [0.1, 0.15) is 47.1 Å². The molecule has 5 heteroatoms. The minimum absolute atomic E-state index is 0.0704. The summed E-state index contributed by atoms with van der Waals surface area (Å²) in [6.45, 7) is 11.4. The number of nitrogens with zero attached hydrogens (tertiary/aromatic N) is 1. The van der Waals surface area contributed by atoms with E-state index in [1.165, 1.54) is 0 Å². The summed E-state index contributed by atoms with van der Waals surface area (Å²) in [5.74, 6) is 0.125. The summed E-state index contributed by atoms with van der Waals surface area (Å²) in [5.41, 5.74) is 0.801. The van der Waals surface area contributed by atoms with Crippen molar-refractivity contribution in [2.45, 2.75) is 66.2 Å². The van der Waals surface area contributed by atoms with E-state index in [0.29, 0.717) is 0 Å².